The van der Waals surface area contributed by atoms with Gasteiger partial charge in [-0.15, -0.1) is 0 Å². The highest BCUT2D eigenvalue weighted by Crippen LogP contribution is 2.12. The Balaban J connectivity index is 1.57. The van der Waals surface area contributed by atoms with Gasteiger partial charge in [0.25, 0.3) is 0 Å². The van der Waals surface area contributed by atoms with E-state index in [4.69, 9.17) is 4.52 Å². The first-order valence-electron chi connectivity index (χ1n) is 6.71. The molecule has 0 amide bonds. The fourth-order valence-electron chi connectivity index (χ4n) is 1.87. The maximum absolute atomic E-state index is 5.21. The standard InChI is InChI=1S/C15H15N5O/c1-11-2-4-12(5-3-11)17-9-7-14-19-15(20-21-14)13-6-8-16-10-18-13/h2-6,8,10,17H,7,9H2,1H3. The van der Waals surface area contributed by atoms with Gasteiger partial charge in [-0.2, -0.15) is 4.98 Å². The topological polar surface area (TPSA) is 76.7 Å². The van der Waals surface area contributed by atoms with Gasteiger partial charge >= 0.3 is 0 Å². The molecule has 106 valence electrons. The Morgan fingerprint density at radius 3 is 2.76 bits per heavy atom. The number of hydrogen-bond acceptors (Lipinski definition) is 6. The zero-order valence-electron chi connectivity index (χ0n) is 11.7. The Morgan fingerprint density at radius 1 is 1.14 bits per heavy atom. The van der Waals surface area contributed by atoms with Gasteiger partial charge in [0, 0.05) is 24.8 Å². The fourth-order valence-corrected chi connectivity index (χ4v) is 1.87. The summed E-state index contributed by atoms with van der Waals surface area (Å²) in [5.74, 6) is 1.07. The van der Waals surface area contributed by atoms with E-state index in [1.54, 1.807) is 12.3 Å². The van der Waals surface area contributed by atoms with E-state index in [-0.39, 0.29) is 0 Å². The molecule has 3 aromatic rings. The van der Waals surface area contributed by atoms with Crippen LogP contribution in [0, 0.1) is 6.92 Å². The Morgan fingerprint density at radius 2 is 2.00 bits per heavy atom. The van der Waals surface area contributed by atoms with Crippen LogP contribution in [0.15, 0.2) is 47.4 Å². The Bertz CT molecular complexity index is 694. The van der Waals surface area contributed by atoms with Crippen molar-refractivity contribution in [1.82, 2.24) is 20.1 Å². The molecule has 2 aromatic heterocycles. The van der Waals surface area contributed by atoms with Crippen LogP contribution in [0.4, 0.5) is 5.69 Å². The normalized spacial score (nSPS) is 10.5. The lowest BCUT2D eigenvalue weighted by atomic mass is 10.2. The van der Waals surface area contributed by atoms with Gasteiger partial charge in [-0.05, 0) is 25.1 Å². The quantitative estimate of drug-likeness (QED) is 0.774. The summed E-state index contributed by atoms with van der Waals surface area (Å²) in [7, 11) is 0. The van der Waals surface area contributed by atoms with Crippen molar-refractivity contribution in [2.75, 3.05) is 11.9 Å². The second-order valence-electron chi connectivity index (χ2n) is 4.65. The van der Waals surface area contributed by atoms with Crippen LogP contribution < -0.4 is 5.32 Å². The molecule has 21 heavy (non-hydrogen) atoms. The summed E-state index contributed by atoms with van der Waals surface area (Å²) in [6.07, 6.45) is 3.77. The first kappa shape index (κ1) is 13.2. The first-order valence-corrected chi connectivity index (χ1v) is 6.71. The average molecular weight is 281 g/mol. The SMILES string of the molecule is Cc1ccc(NCCc2nc(-c3ccncn3)no2)cc1. The van der Waals surface area contributed by atoms with Gasteiger partial charge in [-0.1, -0.05) is 22.9 Å². The number of nitrogens with zero attached hydrogens (tertiary/aromatic N) is 4. The van der Waals surface area contributed by atoms with E-state index in [0.717, 1.165) is 12.2 Å². The summed E-state index contributed by atoms with van der Waals surface area (Å²) in [6, 6.07) is 9.99. The number of benzene rings is 1. The third kappa shape index (κ3) is 3.42. The molecule has 0 aliphatic rings. The van der Waals surface area contributed by atoms with Crippen LogP contribution in [0.5, 0.6) is 0 Å². The average Bonchev–Trinajstić information content (AvgIpc) is 2.99. The van der Waals surface area contributed by atoms with Gasteiger partial charge in [0.15, 0.2) is 0 Å². The number of hydrogen-bond donors (Lipinski definition) is 1. The smallest absolute Gasteiger partial charge is 0.228 e. The molecule has 0 bridgehead atoms. The third-order valence-electron chi connectivity index (χ3n) is 3.00. The van der Waals surface area contributed by atoms with Crippen molar-refractivity contribution in [2.45, 2.75) is 13.3 Å². The molecule has 1 aromatic carbocycles. The second kappa shape index (κ2) is 6.13. The van der Waals surface area contributed by atoms with Crippen LogP contribution in [0.3, 0.4) is 0 Å². The van der Waals surface area contributed by atoms with Crippen molar-refractivity contribution in [1.29, 1.82) is 0 Å². The van der Waals surface area contributed by atoms with Crippen LogP contribution in [-0.4, -0.2) is 26.7 Å². The highest BCUT2D eigenvalue weighted by Gasteiger charge is 2.08. The molecule has 0 unspecified atom stereocenters. The van der Waals surface area contributed by atoms with E-state index in [0.29, 0.717) is 23.8 Å². The minimum Gasteiger partial charge on any atom is -0.385 e. The molecule has 0 spiro atoms. The molecule has 1 N–H and O–H groups in total. The van der Waals surface area contributed by atoms with E-state index in [2.05, 4.69) is 56.6 Å². The van der Waals surface area contributed by atoms with Crippen molar-refractivity contribution in [3.05, 3.63) is 54.3 Å². The largest absolute Gasteiger partial charge is 0.385 e. The van der Waals surface area contributed by atoms with Crippen molar-refractivity contribution < 1.29 is 4.52 Å². The number of aromatic nitrogens is 4. The van der Waals surface area contributed by atoms with Gasteiger partial charge in [0.05, 0.1) is 0 Å². The molecule has 0 saturated carbocycles. The molecule has 0 saturated heterocycles. The second-order valence-corrected chi connectivity index (χ2v) is 4.65. The van der Waals surface area contributed by atoms with Gasteiger partial charge < -0.3 is 9.84 Å². The highest BCUT2D eigenvalue weighted by molar-refractivity contribution is 5.46. The molecule has 3 rings (SSSR count). The van der Waals surface area contributed by atoms with Gasteiger partial charge in [0.1, 0.15) is 12.0 Å². The Hall–Kier alpha value is -2.76. The molecular weight excluding hydrogens is 266 g/mol. The highest BCUT2D eigenvalue weighted by atomic mass is 16.5. The van der Waals surface area contributed by atoms with Gasteiger partial charge in [-0.25, -0.2) is 9.97 Å². The maximum atomic E-state index is 5.21. The molecule has 6 heteroatoms. The van der Waals surface area contributed by atoms with Crippen LogP contribution in [0.1, 0.15) is 11.5 Å². The monoisotopic (exact) mass is 281 g/mol. The van der Waals surface area contributed by atoms with Gasteiger partial charge in [-0.3, -0.25) is 0 Å². The van der Waals surface area contributed by atoms with Crippen LogP contribution in [0.2, 0.25) is 0 Å². The van der Waals surface area contributed by atoms with E-state index in [1.165, 1.54) is 11.9 Å². The Labute approximate surface area is 122 Å². The summed E-state index contributed by atoms with van der Waals surface area (Å²) < 4.78 is 5.21. The van der Waals surface area contributed by atoms with E-state index >= 15 is 0 Å². The number of nitrogens with one attached hydrogen (secondary N) is 1. The molecule has 0 atom stereocenters. The maximum Gasteiger partial charge on any atom is 0.228 e. The van der Waals surface area contributed by atoms with Gasteiger partial charge in [0.2, 0.25) is 11.7 Å². The lowest BCUT2D eigenvalue weighted by molar-refractivity contribution is 0.381. The molecule has 0 radical (unpaired) electrons. The zero-order chi connectivity index (χ0) is 14.5. The molecule has 2 heterocycles. The lowest BCUT2D eigenvalue weighted by Crippen LogP contribution is -2.04. The third-order valence-corrected chi connectivity index (χ3v) is 3.00. The minimum atomic E-state index is 0.489. The molecule has 0 aliphatic heterocycles. The van der Waals surface area contributed by atoms with Crippen molar-refractivity contribution in [2.24, 2.45) is 0 Å². The molecule has 6 nitrogen and oxygen atoms in total. The first-order chi connectivity index (χ1) is 10.3. The van der Waals surface area contributed by atoms with Crippen molar-refractivity contribution in [3.8, 4) is 11.5 Å². The fraction of sp³-hybridized carbons (Fsp3) is 0.200. The molecular formula is C15H15N5O. The van der Waals surface area contributed by atoms with E-state index < -0.39 is 0 Å². The minimum absolute atomic E-state index is 0.489. The number of aryl methyl sites for hydroxylation is 1. The van der Waals surface area contributed by atoms with E-state index in [9.17, 15) is 0 Å². The van der Waals surface area contributed by atoms with Crippen molar-refractivity contribution >= 4 is 5.69 Å². The number of rotatable bonds is 5. The zero-order valence-corrected chi connectivity index (χ0v) is 11.7. The lowest BCUT2D eigenvalue weighted by Gasteiger charge is -2.04. The molecule has 0 aliphatic carbocycles. The summed E-state index contributed by atoms with van der Waals surface area (Å²) in [6.45, 7) is 2.80. The van der Waals surface area contributed by atoms with Crippen LogP contribution >= 0.6 is 0 Å². The molecule has 0 fully saturated rings. The van der Waals surface area contributed by atoms with E-state index in [1.807, 2.05) is 0 Å². The van der Waals surface area contributed by atoms with Crippen LogP contribution in [0.25, 0.3) is 11.5 Å². The Kier molecular flexibility index (Phi) is 3.86. The summed E-state index contributed by atoms with van der Waals surface area (Å²) >= 11 is 0. The number of anilines is 1. The summed E-state index contributed by atoms with van der Waals surface area (Å²) in [4.78, 5) is 12.3. The predicted octanol–water partition coefficient (Wildman–Crippen LogP) is 2.49. The summed E-state index contributed by atoms with van der Waals surface area (Å²) in [5.41, 5.74) is 2.98. The summed E-state index contributed by atoms with van der Waals surface area (Å²) in [5, 5.41) is 7.24. The van der Waals surface area contributed by atoms with Crippen LogP contribution in [-0.2, 0) is 6.42 Å². The predicted molar refractivity (Wildman–Crippen MR) is 78.7 cm³/mol. The van der Waals surface area contributed by atoms with Crippen molar-refractivity contribution in [3.63, 3.8) is 0 Å².